The Hall–Kier alpha value is -5.62. The predicted molar refractivity (Wildman–Crippen MR) is 151 cm³/mol. The maximum atomic E-state index is 12.6. The van der Waals surface area contributed by atoms with E-state index < -0.39 is 23.9 Å². The number of benzene rings is 8. The number of fused-ring (bicyclic) bond motifs is 4. The molecule has 0 amide bonds. The van der Waals surface area contributed by atoms with Crippen LogP contribution in [0.3, 0.4) is 0 Å². The first kappa shape index (κ1) is 20.4. The van der Waals surface area contributed by atoms with E-state index >= 15 is 0 Å². The van der Waals surface area contributed by atoms with Crippen LogP contribution in [0.2, 0.25) is 0 Å². The van der Waals surface area contributed by atoms with Crippen molar-refractivity contribution in [3.63, 3.8) is 0 Å². The van der Waals surface area contributed by atoms with Crippen molar-refractivity contribution in [1.29, 1.82) is 0 Å². The Labute approximate surface area is 222 Å². The molecule has 0 fully saturated rings. The Kier molecular flexibility index (Phi) is 3.22. The maximum Gasteiger partial charge on any atom is 0.346 e. The van der Waals surface area contributed by atoms with Gasteiger partial charge in [0.1, 0.15) is 0 Å². The number of cyclic esters (lactones) is 4. The number of esters is 4. The van der Waals surface area contributed by atoms with Crippen LogP contribution in [0.5, 0.6) is 0 Å². The van der Waals surface area contributed by atoms with Gasteiger partial charge in [-0.1, -0.05) is 48.5 Å². The molecule has 2 aliphatic rings. The van der Waals surface area contributed by atoms with Crippen molar-refractivity contribution in [3.8, 4) is 0 Å². The number of hydrogen-bond acceptors (Lipinski definition) is 6. The summed E-state index contributed by atoms with van der Waals surface area (Å²) in [6.07, 6.45) is 0. The van der Waals surface area contributed by atoms with E-state index in [1.54, 1.807) is 24.3 Å². The van der Waals surface area contributed by atoms with Crippen molar-refractivity contribution >= 4 is 99.3 Å². The second-order valence-electron chi connectivity index (χ2n) is 10.6. The van der Waals surface area contributed by atoms with Crippen molar-refractivity contribution in [3.05, 3.63) is 95.1 Å². The molecule has 8 aromatic carbocycles. The summed E-state index contributed by atoms with van der Waals surface area (Å²) in [5.74, 6) is -2.51. The quantitative estimate of drug-likeness (QED) is 0.0913. The van der Waals surface area contributed by atoms with Crippen LogP contribution in [0.25, 0.3) is 75.4 Å². The highest BCUT2D eigenvalue weighted by molar-refractivity contribution is 6.44. The molecule has 10 rings (SSSR count). The minimum atomic E-state index is -0.629. The van der Waals surface area contributed by atoms with Crippen molar-refractivity contribution in [2.75, 3.05) is 0 Å². The number of carbonyl (C=O) groups is 4. The monoisotopic (exact) mass is 516 g/mol. The predicted octanol–water partition coefficient (Wildman–Crippen LogP) is 7.26. The van der Waals surface area contributed by atoms with E-state index in [1.165, 1.54) is 0 Å². The van der Waals surface area contributed by atoms with E-state index in [4.69, 9.17) is 9.47 Å². The molecule has 0 aliphatic carbocycles. The smallest absolute Gasteiger partial charge is 0.346 e. The van der Waals surface area contributed by atoms with Crippen LogP contribution in [0, 0.1) is 0 Å². The average Bonchev–Trinajstić information content (AvgIpc) is 2.97. The van der Waals surface area contributed by atoms with Gasteiger partial charge in [-0.05, 0) is 88.9 Å². The number of ether oxygens (including phenoxy) is 2. The van der Waals surface area contributed by atoms with E-state index in [1.807, 2.05) is 24.3 Å². The Bertz CT molecular complexity index is 2260. The summed E-state index contributed by atoms with van der Waals surface area (Å²) in [7, 11) is 0. The molecule has 0 spiro atoms. The first-order valence-corrected chi connectivity index (χ1v) is 12.8. The van der Waals surface area contributed by atoms with Crippen LogP contribution in [0.4, 0.5) is 0 Å². The first-order valence-electron chi connectivity index (χ1n) is 12.8. The molecule has 0 atom stereocenters. The minimum Gasteiger partial charge on any atom is -0.386 e. The summed E-state index contributed by atoms with van der Waals surface area (Å²) < 4.78 is 9.98. The molecule has 0 unspecified atom stereocenters. The molecule has 8 aromatic rings. The van der Waals surface area contributed by atoms with Crippen LogP contribution in [0.15, 0.2) is 72.8 Å². The number of rotatable bonds is 0. The average molecular weight is 516 g/mol. The molecule has 6 heteroatoms. The highest BCUT2D eigenvalue weighted by atomic mass is 16.6. The highest BCUT2D eigenvalue weighted by Gasteiger charge is 2.32. The van der Waals surface area contributed by atoms with Crippen LogP contribution in [-0.4, -0.2) is 23.9 Å². The van der Waals surface area contributed by atoms with Gasteiger partial charge in [0.2, 0.25) is 0 Å². The lowest BCUT2D eigenvalue weighted by Crippen LogP contribution is -2.19. The van der Waals surface area contributed by atoms with Crippen molar-refractivity contribution in [2.45, 2.75) is 0 Å². The molecule has 184 valence electrons. The molecule has 0 bridgehead atoms. The minimum absolute atomic E-state index is 0.394. The standard InChI is InChI=1S/C34H12O6/c35-31-21-9-5-17-13-1-2-14-18-6-10-23-30-24(34(38)40-33(23)37)12-8-20(28(18)30)16-4-3-15(25(13)26(14)16)19-7-11-22(32(36)39-31)29(21)27(17)19/h1-12H. The molecule has 0 saturated heterocycles. The molecular weight excluding hydrogens is 504 g/mol. The molecular formula is C34H12O6. The third kappa shape index (κ3) is 2.06. The van der Waals surface area contributed by atoms with Crippen molar-refractivity contribution in [2.24, 2.45) is 0 Å². The molecule has 6 nitrogen and oxygen atoms in total. The lowest BCUT2D eigenvalue weighted by atomic mass is 9.81. The van der Waals surface area contributed by atoms with Crippen LogP contribution in [0.1, 0.15) is 41.4 Å². The van der Waals surface area contributed by atoms with Crippen LogP contribution in [-0.2, 0) is 9.47 Å². The second-order valence-corrected chi connectivity index (χ2v) is 10.6. The van der Waals surface area contributed by atoms with Gasteiger partial charge in [0.15, 0.2) is 0 Å². The van der Waals surface area contributed by atoms with Gasteiger partial charge in [-0.15, -0.1) is 0 Å². The van der Waals surface area contributed by atoms with Crippen molar-refractivity contribution in [1.82, 2.24) is 0 Å². The van der Waals surface area contributed by atoms with Crippen molar-refractivity contribution < 1.29 is 28.7 Å². The third-order valence-electron chi connectivity index (χ3n) is 8.89. The fourth-order valence-corrected chi connectivity index (χ4v) is 7.35. The van der Waals surface area contributed by atoms with Gasteiger partial charge in [0.25, 0.3) is 0 Å². The zero-order valence-electron chi connectivity index (χ0n) is 20.4. The van der Waals surface area contributed by atoms with Gasteiger partial charge < -0.3 is 9.47 Å². The normalized spacial score (nSPS) is 15.1. The largest absolute Gasteiger partial charge is 0.386 e. The maximum absolute atomic E-state index is 12.6. The third-order valence-corrected chi connectivity index (χ3v) is 8.89. The zero-order valence-corrected chi connectivity index (χ0v) is 20.4. The lowest BCUT2D eigenvalue weighted by molar-refractivity contribution is 0.0373. The highest BCUT2D eigenvalue weighted by Crippen LogP contribution is 2.49. The summed E-state index contributed by atoms with van der Waals surface area (Å²) >= 11 is 0. The van der Waals surface area contributed by atoms with Gasteiger partial charge in [-0.3, -0.25) is 0 Å². The number of carbonyl (C=O) groups excluding carboxylic acids is 4. The molecule has 0 saturated carbocycles. The Morgan fingerprint density at radius 2 is 0.475 bits per heavy atom. The Morgan fingerprint density at radius 3 is 0.725 bits per heavy atom. The first-order chi connectivity index (χ1) is 19.5. The molecule has 0 aromatic heterocycles. The van der Waals surface area contributed by atoms with E-state index in [0.717, 1.165) is 64.6 Å². The topological polar surface area (TPSA) is 86.7 Å². The van der Waals surface area contributed by atoms with Gasteiger partial charge in [0.05, 0.1) is 22.3 Å². The molecule has 40 heavy (non-hydrogen) atoms. The van der Waals surface area contributed by atoms with Crippen LogP contribution >= 0.6 is 0 Å². The van der Waals surface area contributed by atoms with Gasteiger partial charge in [0, 0.05) is 10.8 Å². The summed E-state index contributed by atoms with van der Waals surface area (Å²) in [4.78, 5) is 50.4. The van der Waals surface area contributed by atoms with E-state index in [-0.39, 0.29) is 0 Å². The van der Waals surface area contributed by atoms with Crippen LogP contribution < -0.4 is 0 Å². The van der Waals surface area contributed by atoms with E-state index in [0.29, 0.717) is 33.0 Å². The SMILES string of the molecule is O=C1OC(=O)c2ccc3c4ccc5c6ccc7c8c(ccc(c9ccc(c%10ccc1c2c%103)c4c95)c86)C(=O)OC7=O. The summed E-state index contributed by atoms with van der Waals surface area (Å²) in [5, 5.41) is 13.1. The Morgan fingerprint density at radius 1 is 0.275 bits per heavy atom. The summed E-state index contributed by atoms with van der Waals surface area (Å²) in [6, 6.07) is 23.1. The van der Waals surface area contributed by atoms with E-state index in [2.05, 4.69) is 24.3 Å². The molecule has 2 heterocycles. The Balaban J connectivity index is 1.47. The van der Waals surface area contributed by atoms with Gasteiger partial charge in [-0.25, -0.2) is 19.2 Å². The fraction of sp³-hybridized carbons (Fsp3) is 0. The van der Waals surface area contributed by atoms with E-state index in [9.17, 15) is 19.2 Å². The molecule has 0 N–H and O–H groups in total. The number of hydrogen-bond donors (Lipinski definition) is 0. The zero-order chi connectivity index (χ0) is 26.6. The second kappa shape index (κ2) is 6.33. The summed E-state index contributed by atoms with van der Waals surface area (Å²) in [5.41, 5.74) is 1.58. The van der Waals surface area contributed by atoms with Gasteiger partial charge in [-0.2, -0.15) is 0 Å². The van der Waals surface area contributed by atoms with Gasteiger partial charge >= 0.3 is 23.9 Å². The lowest BCUT2D eigenvalue weighted by Gasteiger charge is -2.23. The fourth-order valence-electron chi connectivity index (χ4n) is 7.35. The molecule has 2 aliphatic heterocycles. The summed E-state index contributed by atoms with van der Waals surface area (Å²) in [6.45, 7) is 0. The molecule has 0 radical (unpaired) electrons.